The molecule has 2 fully saturated rings. The molecule has 3 rings (SSSR count). The van der Waals surface area contributed by atoms with Gasteiger partial charge in [-0.05, 0) is 49.9 Å². The molecular formula is C15H20Cl2N2O. The van der Waals surface area contributed by atoms with Gasteiger partial charge in [-0.3, -0.25) is 4.79 Å². The average molecular weight is 315 g/mol. The van der Waals surface area contributed by atoms with Crippen LogP contribution >= 0.6 is 24.0 Å². The van der Waals surface area contributed by atoms with Gasteiger partial charge in [-0.1, -0.05) is 23.7 Å². The van der Waals surface area contributed by atoms with E-state index in [-0.39, 0.29) is 30.4 Å². The third kappa shape index (κ3) is 3.11. The molecule has 2 aliphatic heterocycles. The van der Waals surface area contributed by atoms with Gasteiger partial charge >= 0.3 is 0 Å². The maximum absolute atomic E-state index is 12.5. The number of rotatable bonds is 2. The van der Waals surface area contributed by atoms with Crippen LogP contribution in [0.4, 0.5) is 0 Å². The number of nitrogens with zero attached hydrogens (tertiary/aromatic N) is 1. The third-order valence-corrected chi connectivity index (χ3v) is 4.36. The Morgan fingerprint density at radius 3 is 2.85 bits per heavy atom. The number of benzene rings is 1. The number of halogens is 2. The standard InChI is InChI=1S/C15H19ClN2O.ClH/c16-12-5-1-4-11(10-12)14-7-3-9-18(14)15(19)13-6-2-8-17-13;/h1,4-5,10,13-14,17H,2-3,6-9H2;1H. The second-order valence-electron chi connectivity index (χ2n) is 5.39. The second-order valence-corrected chi connectivity index (χ2v) is 5.83. The number of hydrogen-bond donors (Lipinski definition) is 1. The Balaban J connectivity index is 0.00000147. The van der Waals surface area contributed by atoms with Crippen molar-refractivity contribution in [1.82, 2.24) is 10.2 Å². The van der Waals surface area contributed by atoms with Crippen molar-refractivity contribution in [2.24, 2.45) is 0 Å². The summed E-state index contributed by atoms with van der Waals surface area (Å²) in [5, 5.41) is 4.05. The predicted octanol–water partition coefficient (Wildman–Crippen LogP) is 3.18. The molecule has 0 saturated carbocycles. The Hall–Kier alpha value is -0.770. The van der Waals surface area contributed by atoms with Crippen LogP contribution in [-0.2, 0) is 4.79 Å². The van der Waals surface area contributed by atoms with Gasteiger partial charge in [0.2, 0.25) is 5.91 Å². The van der Waals surface area contributed by atoms with E-state index in [1.165, 1.54) is 0 Å². The van der Waals surface area contributed by atoms with Crippen LogP contribution in [0.15, 0.2) is 24.3 Å². The first-order chi connectivity index (χ1) is 9.25. The Kier molecular flexibility index (Phi) is 5.30. The molecule has 3 nitrogen and oxygen atoms in total. The van der Waals surface area contributed by atoms with Gasteiger partial charge in [-0.25, -0.2) is 0 Å². The normalized spacial score (nSPS) is 25.6. The molecule has 0 radical (unpaired) electrons. The van der Waals surface area contributed by atoms with Crippen molar-refractivity contribution >= 4 is 29.9 Å². The molecule has 1 aromatic rings. The van der Waals surface area contributed by atoms with E-state index in [0.29, 0.717) is 0 Å². The van der Waals surface area contributed by atoms with Crippen molar-refractivity contribution < 1.29 is 4.79 Å². The summed E-state index contributed by atoms with van der Waals surface area (Å²) in [4.78, 5) is 14.6. The Morgan fingerprint density at radius 2 is 2.15 bits per heavy atom. The van der Waals surface area contributed by atoms with Crippen molar-refractivity contribution in [2.45, 2.75) is 37.8 Å². The lowest BCUT2D eigenvalue weighted by molar-refractivity contribution is -0.134. The zero-order valence-corrected chi connectivity index (χ0v) is 12.9. The molecule has 2 heterocycles. The molecule has 1 amide bonds. The fraction of sp³-hybridized carbons (Fsp3) is 0.533. The number of likely N-dealkylation sites (tertiary alicyclic amines) is 1. The molecule has 2 atom stereocenters. The second kappa shape index (κ2) is 6.79. The maximum Gasteiger partial charge on any atom is 0.240 e. The number of nitrogens with one attached hydrogen (secondary N) is 1. The van der Waals surface area contributed by atoms with Crippen LogP contribution < -0.4 is 5.32 Å². The van der Waals surface area contributed by atoms with E-state index in [1.54, 1.807) is 0 Å². The summed E-state index contributed by atoms with van der Waals surface area (Å²) < 4.78 is 0. The highest BCUT2D eigenvalue weighted by atomic mass is 35.5. The van der Waals surface area contributed by atoms with E-state index in [2.05, 4.69) is 11.4 Å². The summed E-state index contributed by atoms with van der Waals surface area (Å²) in [5.41, 5.74) is 1.16. The molecule has 20 heavy (non-hydrogen) atoms. The van der Waals surface area contributed by atoms with Gasteiger partial charge in [-0.2, -0.15) is 0 Å². The molecule has 5 heteroatoms. The topological polar surface area (TPSA) is 32.3 Å². The van der Waals surface area contributed by atoms with Gasteiger partial charge in [0.05, 0.1) is 12.1 Å². The van der Waals surface area contributed by atoms with E-state index >= 15 is 0 Å². The highest BCUT2D eigenvalue weighted by molar-refractivity contribution is 6.30. The number of hydrogen-bond acceptors (Lipinski definition) is 2. The minimum Gasteiger partial charge on any atom is -0.334 e. The summed E-state index contributed by atoms with van der Waals surface area (Å²) in [5.74, 6) is 0.264. The Bertz CT molecular complexity index is 475. The third-order valence-electron chi connectivity index (χ3n) is 4.13. The Morgan fingerprint density at radius 1 is 1.30 bits per heavy atom. The Labute approximate surface area is 131 Å². The summed E-state index contributed by atoms with van der Waals surface area (Å²) >= 11 is 6.06. The minimum absolute atomic E-state index is 0. The van der Waals surface area contributed by atoms with Gasteiger partial charge < -0.3 is 10.2 Å². The smallest absolute Gasteiger partial charge is 0.240 e. The molecule has 0 bridgehead atoms. The SMILES string of the molecule is Cl.O=C(C1CCCN1)N1CCCC1c1cccc(Cl)c1. The van der Waals surface area contributed by atoms with Gasteiger partial charge in [0, 0.05) is 11.6 Å². The highest BCUT2D eigenvalue weighted by Crippen LogP contribution is 2.33. The van der Waals surface area contributed by atoms with Crippen LogP contribution in [0, 0.1) is 0 Å². The zero-order valence-electron chi connectivity index (χ0n) is 11.3. The average Bonchev–Trinajstić information content (AvgIpc) is 3.09. The van der Waals surface area contributed by atoms with Crippen molar-refractivity contribution in [1.29, 1.82) is 0 Å². The molecule has 0 aromatic heterocycles. The molecule has 0 spiro atoms. The molecule has 110 valence electrons. The fourth-order valence-electron chi connectivity index (χ4n) is 3.19. The number of carbonyl (C=O) groups excluding carboxylic acids is 1. The largest absolute Gasteiger partial charge is 0.334 e. The lowest BCUT2D eigenvalue weighted by Crippen LogP contribution is -2.43. The monoisotopic (exact) mass is 314 g/mol. The van der Waals surface area contributed by atoms with Crippen LogP contribution in [-0.4, -0.2) is 29.9 Å². The number of carbonyl (C=O) groups is 1. The molecule has 0 aliphatic carbocycles. The quantitative estimate of drug-likeness (QED) is 0.909. The van der Waals surface area contributed by atoms with Crippen molar-refractivity contribution in [3.63, 3.8) is 0 Å². The van der Waals surface area contributed by atoms with E-state index in [9.17, 15) is 4.79 Å². The molecule has 1 aromatic carbocycles. The lowest BCUT2D eigenvalue weighted by Gasteiger charge is -2.28. The van der Waals surface area contributed by atoms with E-state index in [1.807, 2.05) is 23.1 Å². The first-order valence-corrected chi connectivity index (χ1v) is 7.43. The molecular weight excluding hydrogens is 295 g/mol. The van der Waals surface area contributed by atoms with Gasteiger partial charge in [-0.15, -0.1) is 12.4 Å². The van der Waals surface area contributed by atoms with E-state index in [0.717, 1.165) is 49.4 Å². The van der Waals surface area contributed by atoms with Crippen LogP contribution in [0.1, 0.15) is 37.3 Å². The van der Waals surface area contributed by atoms with Crippen LogP contribution in [0.2, 0.25) is 5.02 Å². The van der Waals surface area contributed by atoms with Gasteiger partial charge in [0.15, 0.2) is 0 Å². The first kappa shape index (κ1) is 15.6. The first-order valence-electron chi connectivity index (χ1n) is 7.05. The molecule has 1 N–H and O–H groups in total. The van der Waals surface area contributed by atoms with E-state index < -0.39 is 0 Å². The van der Waals surface area contributed by atoms with Crippen LogP contribution in [0.3, 0.4) is 0 Å². The van der Waals surface area contributed by atoms with E-state index in [4.69, 9.17) is 11.6 Å². The maximum atomic E-state index is 12.5. The van der Waals surface area contributed by atoms with Crippen LogP contribution in [0.5, 0.6) is 0 Å². The summed E-state index contributed by atoms with van der Waals surface area (Å²) in [6.07, 6.45) is 4.19. The molecule has 2 saturated heterocycles. The summed E-state index contributed by atoms with van der Waals surface area (Å²) in [6.45, 7) is 1.83. The predicted molar refractivity (Wildman–Crippen MR) is 83.4 cm³/mol. The summed E-state index contributed by atoms with van der Waals surface area (Å²) in [7, 11) is 0. The minimum atomic E-state index is 0. The van der Waals surface area contributed by atoms with Gasteiger partial charge in [0.25, 0.3) is 0 Å². The molecule has 2 unspecified atom stereocenters. The highest BCUT2D eigenvalue weighted by Gasteiger charge is 2.34. The number of amides is 1. The van der Waals surface area contributed by atoms with Crippen molar-refractivity contribution in [2.75, 3.05) is 13.1 Å². The van der Waals surface area contributed by atoms with Gasteiger partial charge in [0.1, 0.15) is 0 Å². The van der Waals surface area contributed by atoms with Crippen molar-refractivity contribution in [3.8, 4) is 0 Å². The zero-order chi connectivity index (χ0) is 13.2. The molecule has 2 aliphatic rings. The fourth-order valence-corrected chi connectivity index (χ4v) is 3.39. The summed E-state index contributed by atoms with van der Waals surface area (Å²) in [6, 6.07) is 8.13. The lowest BCUT2D eigenvalue weighted by atomic mass is 10.0. The van der Waals surface area contributed by atoms with Crippen LogP contribution in [0.25, 0.3) is 0 Å². The van der Waals surface area contributed by atoms with Crippen molar-refractivity contribution in [3.05, 3.63) is 34.9 Å².